The van der Waals surface area contributed by atoms with Gasteiger partial charge in [0.2, 0.25) is 15.9 Å². The van der Waals surface area contributed by atoms with E-state index in [-0.39, 0.29) is 17.4 Å². The van der Waals surface area contributed by atoms with E-state index >= 15 is 0 Å². The Morgan fingerprint density at radius 3 is 2.50 bits per heavy atom. The van der Waals surface area contributed by atoms with Crippen molar-refractivity contribution < 1.29 is 13.2 Å². The highest BCUT2D eigenvalue weighted by molar-refractivity contribution is 7.89. The summed E-state index contributed by atoms with van der Waals surface area (Å²) >= 11 is 0. The second kappa shape index (κ2) is 7.43. The number of carbonyl (C=O) groups excluding carboxylic acids is 1. The molecular formula is C21H31N3O3S. The minimum Gasteiger partial charge on any atom is -0.350 e. The largest absolute Gasteiger partial charge is 0.350 e. The third-order valence-electron chi connectivity index (χ3n) is 7.09. The minimum absolute atomic E-state index is 0.0524. The lowest BCUT2D eigenvalue weighted by Gasteiger charge is -2.42. The van der Waals surface area contributed by atoms with Crippen molar-refractivity contribution >= 4 is 15.9 Å². The highest BCUT2D eigenvalue weighted by Gasteiger charge is 2.58. The van der Waals surface area contributed by atoms with Gasteiger partial charge in [0.15, 0.2) is 0 Å². The summed E-state index contributed by atoms with van der Waals surface area (Å²) in [6.45, 7) is 7.16. The Labute approximate surface area is 168 Å². The molecule has 1 spiro atoms. The molecule has 1 unspecified atom stereocenters. The van der Waals surface area contributed by atoms with Crippen LogP contribution in [0.5, 0.6) is 0 Å². The van der Waals surface area contributed by atoms with Crippen molar-refractivity contribution in [3.8, 4) is 0 Å². The van der Waals surface area contributed by atoms with Crippen LogP contribution in [0.25, 0.3) is 0 Å². The van der Waals surface area contributed by atoms with Gasteiger partial charge in [-0.2, -0.15) is 4.31 Å². The fourth-order valence-electron chi connectivity index (χ4n) is 5.41. The quantitative estimate of drug-likeness (QED) is 0.814. The third kappa shape index (κ3) is 3.27. The van der Waals surface area contributed by atoms with Gasteiger partial charge in [-0.05, 0) is 38.3 Å². The molecule has 1 aromatic rings. The molecule has 0 aliphatic carbocycles. The van der Waals surface area contributed by atoms with Crippen molar-refractivity contribution in [2.45, 2.75) is 56.0 Å². The van der Waals surface area contributed by atoms with Gasteiger partial charge in [0.05, 0.1) is 10.8 Å². The summed E-state index contributed by atoms with van der Waals surface area (Å²) in [5.74, 6) is 0.507. The molecule has 3 aliphatic rings. The second-order valence-electron chi connectivity index (χ2n) is 8.67. The summed E-state index contributed by atoms with van der Waals surface area (Å²) in [4.78, 5) is 15.5. The molecule has 28 heavy (non-hydrogen) atoms. The molecule has 7 heteroatoms. The summed E-state index contributed by atoms with van der Waals surface area (Å²) in [7, 11) is -3.47. The number of piperidine rings is 1. The van der Waals surface area contributed by atoms with Crippen LogP contribution in [0.15, 0.2) is 35.2 Å². The Bertz CT molecular complexity index is 819. The van der Waals surface area contributed by atoms with Crippen LogP contribution in [0, 0.1) is 11.8 Å². The number of nitrogens with zero attached hydrogens (tertiary/aromatic N) is 2. The van der Waals surface area contributed by atoms with E-state index in [2.05, 4.69) is 24.1 Å². The summed E-state index contributed by atoms with van der Waals surface area (Å²) in [5.41, 5.74) is -0.245. The molecule has 3 aliphatic heterocycles. The van der Waals surface area contributed by atoms with Crippen LogP contribution < -0.4 is 5.32 Å². The van der Waals surface area contributed by atoms with Crippen LogP contribution >= 0.6 is 0 Å². The first-order valence-corrected chi connectivity index (χ1v) is 11.9. The highest BCUT2D eigenvalue weighted by Crippen LogP contribution is 2.45. The van der Waals surface area contributed by atoms with Crippen molar-refractivity contribution in [2.24, 2.45) is 11.8 Å². The summed E-state index contributed by atoms with van der Waals surface area (Å²) in [5, 5.41) is 3.29. The first-order chi connectivity index (χ1) is 13.4. The molecule has 3 saturated heterocycles. The summed E-state index contributed by atoms with van der Waals surface area (Å²) in [6.07, 6.45) is 3.69. The van der Waals surface area contributed by atoms with E-state index < -0.39 is 10.0 Å². The number of hydrogen-bond acceptors (Lipinski definition) is 4. The SMILES string of the molecule is CCCC(C)N1C[C@H]2C(=O)NC3(CCN(S(=O)(=O)c4ccccc4)CC3)[C@H]2C1. The normalized spacial score (nSPS) is 29.0. The lowest BCUT2D eigenvalue weighted by Crippen LogP contribution is -2.56. The molecule has 1 amide bonds. The fraction of sp³-hybridized carbons (Fsp3) is 0.667. The fourth-order valence-corrected chi connectivity index (χ4v) is 6.88. The van der Waals surface area contributed by atoms with Crippen LogP contribution in [0.4, 0.5) is 0 Å². The van der Waals surface area contributed by atoms with Gasteiger partial charge < -0.3 is 5.32 Å². The number of nitrogens with one attached hydrogen (secondary N) is 1. The van der Waals surface area contributed by atoms with Gasteiger partial charge in [-0.1, -0.05) is 31.5 Å². The number of benzene rings is 1. The highest BCUT2D eigenvalue weighted by atomic mass is 32.2. The predicted molar refractivity (Wildman–Crippen MR) is 108 cm³/mol. The number of rotatable bonds is 5. The number of carbonyl (C=O) groups is 1. The average molecular weight is 406 g/mol. The maximum Gasteiger partial charge on any atom is 0.243 e. The van der Waals surface area contributed by atoms with Gasteiger partial charge in [-0.3, -0.25) is 9.69 Å². The molecule has 154 valence electrons. The Hall–Kier alpha value is -1.44. The van der Waals surface area contributed by atoms with Crippen molar-refractivity contribution in [2.75, 3.05) is 26.2 Å². The lowest BCUT2D eigenvalue weighted by molar-refractivity contribution is -0.123. The Morgan fingerprint density at radius 2 is 1.86 bits per heavy atom. The van der Waals surface area contributed by atoms with Crippen LogP contribution in [0.2, 0.25) is 0 Å². The molecule has 4 rings (SSSR count). The molecule has 3 atom stereocenters. The molecule has 3 heterocycles. The first kappa shape index (κ1) is 19.9. The number of amides is 1. The van der Waals surface area contributed by atoms with E-state index in [1.54, 1.807) is 28.6 Å². The van der Waals surface area contributed by atoms with Gasteiger partial charge in [0.1, 0.15) is 0 Å². The van der Waals surface area contributed by atoms with Crippen molar-refractivity contribution in [3.63, 3.8) is 0 Å². The van der Waals surface area contributed by atoms with E-state index in [1.807, 2.05) is 6.07 Å². The zero-order valence-corrected chi connectivity index (χ0v) is 17.6. The summed E-state index contributed by atoms with van der Waals surface area (Å²) < 4.78 is 27.4. The monoisotopic (exact) mass is 405 g/mol. The molecule has 0 aromatic heterocycles. The van der Waals surface area contributed by atoms with Crippen LogP contribution in [-0.4, -0.2) is 61.3 Å². The standard InChI is InChI=1S/C21H31N3O3S/c1-3-7-16(2)23-14-18-19(15-23)21(22-20(18)25)10-12-24(13-11-21)28(26,27)17-8-5-4-6-9-17/h4-6,8-9,16,18-19H,3,7,10-15H2,1-2H3,(H,22,25)/t16?,18-,19+/m1/s1. The topological polar surface area (TPSA) is 69.7 Å². The van der Waals surface area contributed by atoms with E-state index in [1.165, 1.54) is 0 Å². The number of likely N-dealkylation sites (tertiary alicyclic amines) is 1. The van der Waals surface area contributed by atoms with Crippen molar-refractivity contribution in [1.29, 1.82) is 0 Å². The molecule has 0 saturated carbocycles. The van der Waals surface area contributed by atoms with Gasteiger partial charge in [-0.15, -0.1) is 0 Å². The predicted octanol–water partition coefficient (Wildman–Crippen LogP) is 2.08. The molecule has 3 fully saturated rings. The number of fused-ring (bicyclic) bond motifs is 2. The van der Waals surface area contributed by atoms with Crippen LogP contribution in [-0.2, 0) is 14.8 Å². The zero-order chi connectivity index (χ0) is 19.9. The van der Waals surface area contributed by atoms with Gasteiger partial charge >= 0.3 is 0 Å². The molecule has 1 N–H and O–H groups in total. The van der Waals surface area contributed by atoms with Crippen molar-refractivity contribution in [1.82, 2.24) is 14.5 Å². The average Bonchev–Trinajstić information content (AvgIpc) is 3.24. The second-order valence-corrected chi connectivity index (χ2v) is 10.6. The number of sulfonamides is 1. The smallest absolute Gasteiger partial charge is 0.243 e. The Kier molecular flexibility index (Phi) is 5.27. The van der Waals surface area contributed by atoms with Crippen LogP contribution in [0.3, 0.4) is 0 Å². The van der Waals surface area contributed by atoms with E-state index in [0.29, 0.717) is 42.8 Å². The van der Waals surface area contributed by atoms with E-state index in [0.717, 1.165) is 25.9 Å². The van der Waals surface area contributed by atoms with Crippen molar-refractivity contribution in [3.05, 3.63) is 30.3 Å². The minimum atomic E-state index is -3.47. The van der Waals surface area contributed by atoms with Gasteiger partial charge in [0, 0.05) is 43.7 Å². The third-order valence-corrected chi connectivity index (χ3v) is 9.01. The molecular weight excluding hydrogens is 374 g/mol. The first-order valence-electron chi connectivity index (χ1n) is 10.5. The molecule has 6 nitrogen and oxygen atoms in total. The number of hydrogen-bond donors (Lipinski definition) is 1. The molecule has 1 aromatic carbocycles. The Morgan fingerprint density at radius 1 is 1.18 bits per heavy atom. The van der Waals surface area contributed by atoms with Gasteiger partial charge in [-0.25, -0.2) is 8.42 Å². The maximum atomic E-state index is 12.9. The summed E-state index contributed by atoms with van der Waals surface area (Å²) in [6, 6.07) is 9.13. The molecule has 0 bridgehead atoms. The molecule has 0 radical (unpaired) electrons. The zero-order valence-electron chi connectivity index (χ0n) is 16.8. The van der Waals surface area contributed by atoms with Crippen LogP contribution in [0.1, 0.15) is 39.5 Å². The lowest BCUT2D eigenvalue weighted by atomic mass is 9.76. The Balaban J connectivity index is 1.47. The van der Waals surface area contributed by atoms with Gasteiger partial charge in [0.25, 0.3) is 0 Å². The van der Waals surface area contributed by atoms with E-state index in [4.69, 9.17) is 0 Å². The maximum absolute atomic E-state index is 12.9. The van der Waals surface area contributed by atoms with E-state index in [9.17, 15) is 13.2 Å².